The quantitative estimate of drug-likeness (QED) is 0.476. The summed E-state index contributed by atoms with van der Waals surface area (Å²) in [5.41, 5.74) is 0. The first-order chi connectivity index (χ1) is 9.74. The van der Waals surface area contributed by atoms with E-state index in [1.165, 1.54) is 32.6 Å². The Morgan fingerprint density at radius 2 is 1.80 bits per heavy atom. The highest BCUT2D eigenvalue weighted by molar-refractivity contribution is 5.89. The molecule has 0 N–H and O–H groups in total. The molecule has 0 atom stereocenters. The normalized spacial score (nSPS) is 10.5. The number of carbonyl (C=O) groups excluding carboxylic acids is 1. The number of esters is 1. The Hall–Kier alpha value is -2.69. The summed E-state index contributed by atoms with van der Waals surface area (Å²) in [4.78, 5) is 11.8. The third-order valence-corrected chi connectivity index (χ3v) is 2.51. The van der Waals surface area contributed by atoms with Crippen molar-refractivity contribution in [2.45, 2.75) is 0 Å². The minimum absolute atomic E-state index is 0.242. The van der Waals surface area contributed by atoms with Gasteiger partial charge in [-0.1, -0.05) is 6.07 Å². The number of rotatable bonds is 5. The average Bonchev–Trinajstić information content (AvgIpc) is 2.98. The molecule has 1 aromatic carbocycles. The second-order valence-electron chi connectivity index (χ2n) is 3.76. The van der Waals surface area contributed by atoms with Crippen LogP contribution in [0.2, 0.25) is 0 Å². The summed E-state index contributed by atoms with van der Waals surface area (Å²) in [6.45, 7) is 0. The molecule has 2 aromatic rings. The van der Waals surface area contributed by atoms with Crippen LogP contribution in [0.15, 0.2) is 47.1 Å². The number of hydrogen-bond acceptors (Lipinski definition) is 5. The molecule has 0 spiro atoms. The number of benzene rings is 1. The molecule has 0 aliphatic rings. The fraction of sp³-hybridized carbons (Fsp3) is 0.133. The van der Waals surface area contributed by atoms with E-state index in [1.807, 2.05) is 0 Å². The Morgan fingerprint density at radius 3 is 2.35 bits per heavy atom. The van der Waals surface area contributed by atoms with Crippen molar-refractivity contribution in [3.8, 4) is 17.2 Å². The first-order valence-corrected chi connectivity index (χ1v) is 5.89. The molecule has 0 radical (unpaired) electrons. The van der Waals surface area contributed by atoms with Crippen LogP contribution in [-0.4, -0.2) is 20.2 Å². The molecule has 0 aliphatic carbocycles. The van der Waals surface area contributed by atoms with Crippen molar-refractivity contribution in [2.75, 3.05) is 14.2 Å². The number of hydrogen-bond donors (Lipinski definition) is 0. The molecule has 5 nitrogen and oxygen atoms in total. The molecule has 20 heavy (non-hydrogen) atoms. The Balaban J connectivity index is 2.15. The Bertz CT molecular complexity index is 576. The van der Waals surface area contributed by atoms with E-state index in [-0.39, 0.29) is 5.75 Å². The van der Waals surface area contributed by atoms with Gasteiger partial charge in [-0.2, -0.15) is 0 Å². The molecule has 0 bridgehead atoms. The van der Waals surface area contributed by atoms with Crippen molar-refractivity contribution >= 4 is 12.0 Å². The fourth-order valence-corrected chi connectivity index (χ4v) is 1.59. The van der Waals surface area contributed by atoms with Crippen molar-refractivity contribution in [2.24, 2.45) is 0 Å². The number of ether oxygens (including phenoxy) is 3. The molecule has 0 fully saturated rings. The first kappa shape index (κ1) is 13.7. The van der Waals surface area contributed by atoms with Crippen LogP contribution in [0.4, 0.5) is 0 Å². The summed E-state index contributed by atoms with van der Waals surface area (Å²) >= 11 is 0. The van der Waals surface area contributed by atoms with Crippen molar-refractivity contribution in [3.63, 3.8) is 0 Å². The van der Waals surface area contributed by atoms with Gasteiger partial charge in [0.2, 0.25) is 5.75 Å². The predicted octanol–water partition coefficient (Wildman–Crippen LogP) is 2.92. The molecular formula is C15H14O5. The number of para-hydroxylation sites is 1. The average molecular weight is 274 g/mol. The van der Waals surface area contributed by atoms with Gasteiger partial charge < -0.3 is 18.6 Å². The summed E-state index contributed by atoms with van der Waals surface area (Å²) < 4.78 is 20.6. The topological polar surface area (TPSA) is 57.9 Å². The van der Waals surface area contributed by atoms with Crippen LogP contribution in [0, 0.1) is 0 Å². The highest BCUT2D eigenvalue weighted by atomic mass is 16.6. The maximum absolute atomic E-state index is 11.8. The Labute approximate surface area is 116 Å². The molecule has 1 aromatic heterocycles. The van der Waals surface area contributed by atoms with Gasteiger partial charge in [0.1, 0.15) is 5.76 Å². The maximum atomic E-state index is 11.8. The van der Waals surface area contributed by atoms with Gasteiger partial charge in [0, 0.05) is 6.08 Å². The van der Waals surface area contributed by atoms with Gasteiger partial charge >= 0.3 is 5.97 Å². The third-order valence-electron chi connectivity index (χ3n) is 2.51. The van der Waals surface area contributed by atoms with E-state index in [2.05, 4.69) is 0 Å². The minimum atomic E-state index is -0.552. The number of furan rings is 1. The summed E-state index contributed by atoms with van der Waals surface area (Å²) in [5.74, 6) is 1.10. The van der Waals surface area contributed by atoms with E-state index in [0.717, 1.165) is 0 Å². The van der Waals surface area contributed by atoms with Gasteiger partial charge in [-0.05, 0) is 30.3 Å². The van der Waals surface area contributed by atoms with E-state index >= 15 is 0 Å². The van der Waals surface area contributed by atoms with Crippen LogP contribution >= 0.6 is 0 Å². The predicted molar refractivity (Wildman–Crippen MR) is 72.9 cm³/mol. The zero-order chi connectivity index (χ0) is 14.4. The van der Waals surface area contributed by atoms with Crippen molar-refractivity contribution in [3.05, 3.63) is 48.4 Å². The fourth-order valence-electron chi connectivity index (χ4n) is 1.59. The smallest absolute Gasteiger partial charge is 0.336 e. The van der Waals surface area contributed by atoms with Gasteiger partial charge in [0.25, 0.3) is 0 Å². The lowest BCUT2D eigenvalue weighted by atomic mass is 10.3. The zero-order valence-electron chi connectivity index (χ0n) is 11.2. The van der Waals surface area contributed by atoms with E-state index < -0.39 is 5.97 Å². The highest BCUT2D eigenvalue weighted by Crippen LogP contribution is 2.36. The lowest BCUT2D eigenvalue weighted by Crippen LogP contribution is -2.06. The van der Waals surface area contributed by atoms with Crippen molar-refractivity contribution < 1.29 is 23.4 Å². The first-order valence-electron chi connectivity index (χ1n) is 5.89. The molecule has 0 unspecified atom stereocenters. The molecule has 104 valence electrons. The van der Waals surface area contributed by atoms with Crippen molar-refractivity contribution in [1.29, 1.82) is 0 Å². The lowest BCUT2D eigenvalue weighted by molar-refractivity contribution is -0.129. The molecule has 2 rings (SSSR count). The second-order valence-corrected chi connectivity index (χ2v) is 3.76. The SMILES string of the molecule is COc1cccc(OC)c1OC(=O)/C=C/c1ccco1. The van der Waals surface area contributed by atoms with Gasteiger partial charge in [-0.15, -0.1) is 0 Å². The summed E-state index contributed by atoms with van der Waals surface area (Å²) in [7, 11) is 2.98. The van der Waals surface area contributed by atoms with Gasteiger partial charge in [-0.25, -0.2) is 4.79 Å². The monoisotopic (exact) mass is 274 g/mol. The molecule has 0 saturated carbocycles. The highest BCUT2D eigenvalue weighted by Gasteiger charge is 2.14. The van der Waals surface area contributed by atoms with E-state index in [1.54, 1.807) is 30.3 Å². The Kier molecular flexibility index (Phi) is 4.44. The minimum Gasteiger partial charge on any atom is -0.493 e. The lowest BCUT2D eigenvalue weighted by Gasteiger charge is -2.11. The number of methoxy groups -OCH3 is 2. The summed E-state index contributed by atoms with van der Waals surface area (Å²) in [5, 5.41) is 0. The van der Waals surface area contributed by atoms with Gasteiger partial charge in [-0.3, -0.25) is 0 Å². The van der Waals surface area contributed by atoms with E-state index in [9.17, 15) is 4.79 Å². The molecular weight excluding hydrogens is 260 g/mol. The van der Waals surface area contributed by atoms with Gasteiger partial charge in [0.05, 0.1) is 20.5 Å². The van der Waals surface area contributed by atoms with Crippen LogP contribution in [0.5, 0.6) is 17.2 Å². The zero-order valence-corrected chi connectivity index (χ0v) is 11.2. The molecule has 0 aliphatic heterocycles. The van der Waals surface area contributed by atoms with Crippen LogP contribution in [-0.2, 0) is 4.79 Å². The van der Waals surface area contributed by atoms with Crippen LogP contribution in [0.25, 0.3) is 6.08 Å². The largest absolute Gasteiger partial charge is 0.493 e. The Morgan fingerprint density at radius 1 is 1.10 bits per heavy atom. The molecule has 0 amide bonds. The van der Waals surface area contributed by atoms with Crippen molar-refractivity contribution in [1.82, 2.24) is 0 Å². The second kappa shape index (κ2) is 6.47. The molecule has 5 heteroatoms. The van der Waals surface area contributed by atoms with Crippen LogP contribution < -0.4 is 14.2 Å². The third kappa shape index (κ3) is 3.20. The summed E-state index contributed by atoms with van der Waals surface area (Å²) in [6, 6.07) is 8.57. The van der Waals surface area contributed by atoms with E-state index in [4.69, 9.17) is 18.6 Å². The standard InChI is InChI=1S/C15H14O5/c1-17-12-6-3-7-13(18-2)15(12)20-14(16)9-8-11-5-4-10-19-11/h3-10H,1-2H3/b9-8+. The van der Waals surface area contributed by atoms with E-state index in [0.29, 0.717) is 17.3 Å². The van der Waals surface area contributed by atoms with Gasteiger partial charge in [0.15, 0.2) is 11.5 Å². The van der Waals surface area contributed by atoms with Crippen LogP contribution in [0.1, 0.15) is 5.76 Å². The molecule has 1 heterocycles. The maximum Gasteiger partial charge on any atom is 0.336 e. The number of carbonyl (C=O) groups is 1. The summed E-state index contributed by atoms with van der Waals surface area (Å²) in [6.07, 6.45) is 4.31. The molecule has 0 saturated heterocycles. The van der Waals surface area contributed by atoms with Crippen LogP contribution in [0.3, 0.4) is 0 Å².